The Kier molecular flexibility index (Phi) is 4.73. The number of urea groups is 1. The fraction of sp³-hybridized carbons (Fsp3) is 0.267. The maximum atomic E-state index is 12.7. The summed E-state index contributed by atoms with van der Waals surface area (Å²) >= 11 is 2.57. The first-order valence-electron chi connectivity index (χ1n) is 7.35. The van der Waals surface area contributed by atoms with Crippen LogP contribution in [0.2, 0.25) is 0 Å². The minimum atomic E-state index is -1.21. The maximum absolute atomic E-state index is 12.7. The molecule has 0 radical (unpaired) electrons. The summed E-state index contributed by atoms with van der Waals surface area (Å²) in [4.78, 5) is 36.9. The van der Waals surface area contributed by atoms with Gasteiger partial charge in [-0.15, -0.1) is 10.2 Å². The SMILES string of the molecule is Cc1nnc(SCC(=O)NN2C(=O)N[C@@](C)(c3ccccc3)C2=O)s1. The van der Waals surface area contributed by atoms with E-state index in [2.05, 4.69) is 20.9 Å². The van der Waals surface area contributed by atoms with Gasteiger partial charge in [-0.05, 0) is 19.4 Å². The molecule has 0 aliphatic carbocycles. The molecule has 2 aromatic rings. The van der Waals surface area contributed by atoms with E-state index < -0.39 is 23.4 Å². The average Bonchev–Trinajstić information content (AvgIpc) is 3.11. The van der Waals surface area contributed by atoms with E-state index in [1.807, 2.05) is 13.0 Å². The van der Waals surface area contributed by atoms with Gasteiger partial charge in [-0.2, -0.15) is 5.01 Å². The van der Waals surface area contributed by atoms with Crippen molar-refractivity contribution in [3.05, 3.63) is 40.9 Å². The van der Waals surface area contributed by atoms with Gasteiger partial charge in [0.15, 0.2) is 4.34 Å². The first kappa shape index (κ1) is 17.4. The Morgan fingerprint density at radius 2 is 2.04 bits per heavy atom. The number of aromatic nitrogens is 2. The van der Waals surface area contributed by atoms with Gasteiger partial charge in [-0.25, -0.2) is 4.79 Å². The molecule has 25 heavy (non-hydrogen) atoms. The zero-order chi connectivity index (χ0) is 18.0. The molecule has 0 bridgehead atoms. The molecule has 1 saturated heterocycles. The second-order valence-corrected chi connectivity index (χ2v) is 7.88. The molecule has 130 valence electrons. The molecule has 2 heterocycles. The summed E-state index contributed by atoms with van der Waals surface area (Å²) in [5.41, 5.74) is 1.78. The normalized spacial score (nSPS) is 19.8. The number of benzene rings is 1. The molecule has 1 aromatic heterocycles. The van der Waals surface area contributed by atoms with Crippen LogP contribution in [0.15, 0.2) is 34.7 Å². The van der Waals surface area contributed by atoms with Gasteiger partial charge in [0.2, 0.25) is 5.91 Å². The van der Waals surface area contributed by atoms with Gasteiger partial charge in [0.25, 0.3) is 5.91 Å². The lowest BCUT2D eigenvalue weighted by atomic mass is 9.92. The van der Waals surface area contributed by atoms with E-state index in [-0.39, 0.29) is 5.75 Å². The number of hydrazine groups is 1. The van der Waals surface area contributed by atoms with E-state index in [9.17, 15) is 14.4 Å². The van der Waals surface area contributed by atoms with Crippen LogP contribution in [0.25, 0.3) is 0 Å². The van der Waals surface area contributed by atoms with Crippen molar-refractivity contribution < 1.29 is 14.4 Å². The summed E-state index contributed by atoms with van der Waals surface area (Å²) in [5, 5.41) is 11.9. The lowest BCUT2D eigenvalue weighted by molar-refractivity contribution is -0.138. The third-order valence-corrected chi connectivity index (χ3v) is 5.58. The molecule has 0 spiro atoms. The zero-order valence-corrected chi connectivity index (χ0v) is 15.1. The standard InChI is InChI=1S/C15H15N5O3S2/c1-9-17-18-14(25-9)24-8-11(21)19-20-12(22)15(2,16-13(20)23)10-6-4-3-5-7-10/h3-7H,8H2,1-2H3,(H,16,23)(H,19,21)/t15-/m0/s1. The Morgan fingerprint density at radius 3 is 2.68 bits per heavy atom. The Labute approximate surface area is 152 Å². The lowest BCUT2D eigenvalue weighted by Crippen LogP contribution is -2.48. The third kappa shape index (κ3) is 3.49. The Hall–Kier alpha value is -2.46. The van der Waals surface area contributed by atoms with E-state index in [1.165, 1.54) is 23.1 Å². The predicted molar refractivity (Wildman–Crippen MR) is 92.7 cm³/mol. The number of hydrogen-bond donors (Lipinski definition) is 2. The number of aryl methyl sites for hydroxylation is 1. The van der Waals surface area contributed by atoms with Gasteiger partial charge < -0.3 is 5.32 Å². The topological polar surface area (TPSA) is 104 Å². The fourth-order valence-electron chi connectivity index (χ4n) is 2.33. The molecule has 1 aliphatic heterocycles. The van der Waals surface area contributed by atoms with Crippen LogP contribution < -0.4 is 10.7 Å². The molecule has 10 heteroatoms. The van der Waals surface area contributed by atoms with E-state index >= 15 is 0 Å². The molecule has 0 unspecified atom stereocenters. The summed E-state index contributed by atoms with van der Waals surface area (Å²) in [6.07, 6.45) is 0. The van der Waals surface area contributed by atoms with Crippen molar-refractivity contribution in [3.8, 4) is 0 Å². The zero-order valence-electron chi connectivity index (χ0n) is 13.5. The van der Waals surface area contributed by atoms with Crippen LogP contribution in [0, 0.1) is 6.92 Å². The number of carbonyl (C=O) groups excluding carboxylic acids is 3. The Balaban J connectivity index is 1.65. The first-order valence-corrected chi connectivity index (χ1v) is 9.15. The van der Waals surface area contributed by atoms with E-state index in [0.717, 1.165) is 10.0 Å². The number of imide groups is 1. The molecule has 1 fully saturated rings. The van der Waals surface area contributed by atoms with Crippen LogP contribution in [0.3, 0.4) is 0 Å². The number of carbonyl (C=O) groups is 3. The molecule has 4 amide bonds. The average molecular weight is 377 g/mol. The predicted octanol–water partition coefficient (Wildman–Crippen LogP) is 1.44. The maximum Gasteiger partial charge on any atom is 0.344 e. The van der Waals surface area contributed by atoms with Crippen molar-refractivity contribution in [2.75, 3.05) is 5.75 Å². The number of nitrogens with zero attached hydrogens (tertiary/aromatic N) is 3. The molecule has 1 atom stereocenters. The van der Waals surface area contributed by atoms with Gasteiger partial charge in [0.1, 0.15) is 10.5 Å². The van der Waals surface area contributed by atoms with E-state index in [1.54, 1.807) is 31.2 Å². The van der Waals surface area contributed by atoms with Crippen molar-refractivity contribution in [2.24, 2.45) is 0 Å². The number of amides is 4. The van der Waals surface area contributed by atoms with Crippen molar-refractivity contribution in [2.45, 2.75) is 23.7 Å². The Morgan fingerprint density at radius 1 is 1.32 bits per heavy atom. The minimum Gasteiger partial charge on any atom is -0.318 e. The smallest absolute Gasteiger partial charge is 0.318 e. The largest absolute Gasteiger partial charge is 0.344 e. The van der Waals surface area contributed by atoms with Gasteiger partial charge in [0.05, 0.1) is 5.75 Å². The summed E-state index contributed by atoms with van der Waals surface area (Å²) in [7, 11) is 0. The van der Waals surface area contributed by atoms with Gasteiger partial charge >= 0.3 is 6.03 Å². The number of nitrogens with one attached hydrogen (secondary N) is 2. The molecule has 0 saturated carbocycles. The first-order chi connectivity index (χ1) is 11.9. The molecule has 1 aliphatic rings. The second-order valence-electron chi connectivity index (χ2n) is 5.47. The molecular formula is C15H15N5O3S2. The van der Waals surface area contributed by atoms with Gasteiger partial charge in [-0.3, -0.25) is 15.0 Å². The van der Waals surface area contributed by atoms with Crippen LogP contribution in [0.1, 0.15) is 17.5 Å². The van der Waals surface area contributed by atoms with Crippen molar-refractivity contribution in [1.82, 2.24) is 25.9 Å². The molecule has 3 rings (SSSR count). The highest BCUT2D eigenvalue weighted by Crippen LogP contribution is 2.28. The van der Waals surface area contributed by atoms with Crippen molar-refractivity contribution >= 4 is 40.9 Å². The highest BCUT2D eigenvalue weighted by Gasteiger charge is 2.49. The highest BCUT2D eigenvalue weighted by molar-refractivity contribution is 8.01. The quantitative estimate of drug-likeness (QED) is 0.603. The van der Waals surface area contributed by atoms with Crippen LogP contribution in [0.5, 0.6) is 0 Å². The molecule has 1 aromatic carbocycles. The van der Waals surface area contributed by atoms with Gasteiger partial charge in [0, 0.05) is 0 Å². The molecule has 2 N–H and O–H groups in total. The van der Waals surface area contributed by atoms with Crippen LogP contribution in [-0.2, 0) is 15.1 Å². The summed E-state index contributed by atoms with van der Waals surface area (Å²) in [6, 6.07) is 8.21. The Bertz CT molecular complexity index is 826. The van der Waals surface area contributed by atoms with Crippen LogP contribution in [-0.4, -0.2) is 38.8 Å². The number of rotatable bonds is 5. The van der Waals surface area contributed by atoms with Crippen LogP contribution in [0.4, 0.5) is 4.79 Å². The van der Waals surface area contributed by atoms with Gasteiger partial charge in [-0.1, -0.05) is 53.4 Å². The van der Waals surface area contributed by atoms with E-state index in [4.69, 9.17) is 0 Å². The third-order valence-electron chi connectivity index (χ3n) is 3.61. The summed E-state index contributed by atoms with van der Waals surface area (Å²) in [5.74, 6) is -0.985. The monoisotopic (exact) mass is 377 g/mol. The highest BCUT2D eigenvalue weighted by atomic mass is 32.2. The molecular weight excluding hydrogens is 362 g/mol. The van der Waals surface area contributed by atoms with Crippen molar-refractivity contribution in [3.63, 3.8) is 0 Å². The number of thioether (sulfide) groups is 1. The second kappa shape index (κ2) is 6.81. The van der Waals surface area contributed by atoms with E-state index in [0.29, 0.717) is 9.90 Å². The number of hydrogen-bond acceptors (Lipinski definition) is 7. The summed E-state index contributed by atoms with van der Waals surface area (Å²) < 4.78 is 0.652. The van der Waals surface area contributed by atoms with Crippen LogP contribution >= 0.6 is 23.1 Å². The molecule has 8 nitrogen and oxygen atoms in total. The minimum absolute atomic E-state index is 0.0216. The summed E-state index contributed by atoms with van der Waals surface area (Å²) in [6.45, 7) is 3.42. The lowest BCUT2D eigenvalue weighted by Gasteiger charge is -2.22. The fourth-order valence-corrected chi connectivity index (χ4v) is 3.94. The van der Waals surface area contributed by atoms with Crippen molar-refractivity contribution in [1.29, 1.82) is 0 Å².